The number of amides is 1. The van der Waals surface area contributed by atoms with Crippen LogP contribution in [-0.2, 0) is 9.53 Å². The van der Waals surface area contributed by atoms with Crippen LogP contribution in [0.5, 0.6) is 0 Å². The average molecular weight is 260 g/mol. The Labute approximate surface area is 111 Å². The molecule has 2 rings (SSSR count). The standard InChI is InChI=1S/C14H16N2O3/c1-8(15)13(9(2)17)11-5-3-10(4-6-11)12-7-19-14(18)16-12/h3-6,12H,7,15H2,1-2H3,(H,16,18)/b13-8+/t12-/m0/s1. The summed E-state index contributed by atoms with van der Waals surface area (Å²) in [6.45, 7) is 3.52. The summed E-state index contributed by atoms with van der Waals surface area (Å²) in [5.41, 5.74) is 8.47. The van der Waals surface area contributed by atoms with Gasteiger partial charge in [-0.2, -0.15) is 0 Å². The van der Waals surface area contributed by atoms with E-state index in [0.29, 0.717) is 17.9 Å². The lowest BCUT2D eigenvalue weighted by Gasteiger charge is -2.10. The summed E-state index contributed by atoms with van der Waals surface area (Å²) in [6, 6.07) is 7.24. The summed E-state index contributed by atoms with van der Waals surface area (Å²) in [7, 11) is 0. The highest BCUT2D eigenvalue weighted by Crippen LogP contribution is 2.22. The highest BCUT2D eigenvalue weighted by atomic mass is 16.6. The van der Waals surface area contributed by atoms with Crippen molar-refractivity contribution in [2.75, 3.05) is 6.61 Å². The Morgan fingerprint density at radius 2 is 1.95 bits per heavy atom. The van der Waals surface area contributed by atoms with Gasteiger partial charge in [-0.1, -0.05) is 24.3 Å². The van der Waals surface area contributed by atoms with Crippen molar-refractivity contribution in [3.8, 4) is 0 Å². The van der Waals surface area contributed by atoms with E-state index in [-0.39, 0.29) is 11.8 Å². The van der Waals surface area contributed by atoms with E-state index in [4.69, 9.17) is 10.5 Å². The number of benzene rings is 1. The molecule has 0 radical (unpaired) electrons. The number of allylic oxidation sites excluding steroid dienone is 2. The van der Waals surface area contributed by atoms with E-state index in [0.717, 1.165) is 11.1 Å². The molecule has 1 heterocycles. The predicted molar refractivity (Wildman–Crippen MR) is 71.1 cm³/mol. The normalized spacial score (nSPS) is 19.5. The maximum absolute atomic E-state index is 11.6. The van der Waals surface area contributed by atoms with Gasteiger partial charge in [0.05, 0.1) is 6.04 Å². The number of carbonyl (C=O) groups excluding carboxylic acids is 2. The van der Waals surface area contributed by atoms with Gasteiger partial charge in [0.25, 0.3) is 0 Å². The topological polar surface area (TPSA) is 81.4 Å². The van der Waals surface area contributed by atoms with Gasteiger partial charge >= 0.3 is 6.09 Å². The Morgan fingerprint density at radius 1 is 1.32 bits per heavy atom. The smallest absolute Gasteiger partial charge is 0.407 e. The van der Waals surface area contributed by atoms with Gasteiger partial charge in [0.15, 0.2) is 5.78 Å². The molecule has 0 aromatic heterocycles. The van der Waals surface area contributed by atoms with Gasteiger partial charge in [0.1, 0.15) is 6.61 Å². The van der Waals surface area contributed by atoms with Crippen LogP contribution in [-0.4, -0.2) is 18.5 Å². The number of alkyl carbamates (subject to hydrolysis) is 1. The third-order valence-corrected chi connectivity index (χ3v) is 3.02. The van der Waals surface area contributed by atoms with Gasteiger partial charge in [-0.3, -0.25) is 4.79 Å². The summed E-state index contributed by atoms with van der Waals surface area (Å²) in [4.78, 5) is 22.5. The van der Waals surface area contributed by atoms with Crippen LogP contribution < -0.4 is 11.1 Å². The molecule has 1 aliphatic heterocycles. The van der Waals surface area contributed by atoms with Crippen LogP contribution in [0.4, 0.5) is 4.79 Å². The van der Waals surface area contributed by atoms with Crippen molar-refractivity contribution >= 4 is 17.4 Å². The Hall–Kier alpha value is -2.30. The second kappa shape index (κ2) is 5.14. The van der Waals surface area contributed by atoms with E-state index in [9.17, 15) is 9.59 Å². The molecule has 1 aromatic rings. The molecular weight excluding hydrogens is 244 g/mol. The van der Waals surface area contributed by atoms with E-state index in [2.05, 4.69) is 5.32 Å². The Morgan fingerprint density at radius 3 is 2.37 bits per heavy atom. The van der Waals surface area contributed by atoms with E-state index in [1.165, 1.54) is 6.92 Å². The van der Waals surface area contributed by atoms with Gasteiger partial charge < -0.3 is 15.8 Å². The molecule has 0 saturated carbocycles. The fourth-order valence-electron chi connectivity index (χ4n) is 2.15. The van der Waals surface area contributed by atoms with Gasteiger partial charge in [0.2, 0.25) is 0 Å². The summed E-state index contributed by atoms with van der Waals surface area (Å²) in [5.74, 6) is -0.0646. The quantitative estimate of drug-likeness (QED) is 0.811. The first-order chi connectivity index (χ1) is 8.99. The van der Waals surface area contributed by atoms with Gasteiger partial charge in [0, 0.05) is 11.3 Å². The minimum absolute atomic E-state index is 0.0646. The molecule has 1 saturated heterocycles. The molecule has 1 aromatic carbocycles. The zero-order valence-electron chi connectivity index (χ0n) is 10.9. The predicted octanol–water partition coefficient (Wildman–Crippen LogP) is 1.75. The number of ketones is 1. The van der Waals surface area contributed by atoms with Crippen molar-refractivity contribution in [3.63, 3.8) is 0 Å². The molecule has 1 amide bonds. The second-order valence-electron chi connectivity index (χ2n) is 4.53. The zero-order valence-corrected chi connectivity index (χ0v) is 10.9. The molecule has 0 bridgehead atoms. The fraction of sp³-hybridized carbons (Fsp3) is 0.286. The lowest BCUT2D eigenvalue weighted by molar-refractivity contribution is -0.111. The number of ether oxygens (including phenoxy) is 1. The molecule has 0 spiro atoms. The number of hydrogen-bond donors (Lipinski definition) is 2. The Balaban J connectivity index is 2.26. The molecule has 3 N–H and O–H groups in total. The van der Waals surface area contributed by atoms with Crippen molar-refractivity contribution < 1.29 is 14.3 Å². The molecule has 0 aliphatic carbocycles. The number of carbonyl (C=O) groups is 2. The molecule has 0 unspecified atom stereocenters. The van der Waals surface area contributed by atoms with Crippen LogP contribution in [0.1, 0.15) is 31.0 Å². The van der Waals surface area contributed by atoms with Gasteiger partial charge in [-0.25, -0.2) is 4.79 Å². The molecule has 1 atom stereocenters. The van der Waals surface area contributed by atoms with Gasteiger partial charge in [-0.15, -0.1) is 0 Å². The number of hydrogen-bond acceptors (Lipinski definition) is 4. The van der Waals surface area contributed by atoms with Crippen molar-refractivity contribution in [3.05, 3.63) is 41.1 Å². The number of cyclic esters (lactones) is 1. The second-order valence-corrected chi connectivity index (χ2v) is 4.53. The maximum Gasteiger partial charge on any atom is 0.407 e. The SMILES string of the molecule is CC(=O)/C(=C(/C)N)c1ccc([C@@H]2COC(=O)N2)cc1. The van der Waals surface area contributed by atoms with Crippen molar-refractivity contribution in [1.29, 1.82) is 0 Å². The largest absolute Gasteiger partial charge is 0.447 e. The van der Waals surface area contributed by atoms with Crippen LogP contribution in [0.3, 0.4) is 0 Å². The summed E-state index contributed by atoms with van der Waals surface area (Å²) in [6.07, 6.45) is -0.406. The molecular formula is C14H16N2O3. The van der Waals surface area contributed by atoms with Crippen LogP contribution >= 0.6 is 0 Å². The maximum atomic E-state index is 11.6. The van der Waals surface area contributed by atoms with Crippen LogP contribution in [0, 0.1) is 0 Å². The van der Waals surface area contributed by atoms with Gasteiger partial charge in [-0.05, 0) is 25.0 Å². The minimum atomic E-state index is -0.406. The van der Waals surface area contributed by atoms with Crippen molar-refractivity contribution in [2.24, 2.45) is 5.73 Å². The number of Topliss-reactive ketones (excluding diaryl/α,β-unsaturated/α-hetero) is 1. The third kappa shape index (κ3) is 2.76. The van der Waals surface area contributed by atoms with E-state index < -0.39 is 6.09 Å². The monoisotopic (exact) mass is 260 g/mol. The summed E-state index contributed by atoms with van der Waals surface area (Å²) < 4.78 is 4.84. The number of nitrogens with two attached hydrogens (primary N) is 1. The van der Waals surface area contributed by atoms with Crippen molar-refractivity contribution in [1.82, 2.24) is 5.32 Å². The highest BCUT2D eigenvalue weighted by molar-refractivity contribution is 6.20. The van der Waals surface area contributed by atoms with E-state index >= 15 is 0 Å². The zero-order chi connectivity index (χ0) is 14.0. The van der Waals surface area contributed by atoms with E-state index in [1.54, 1.807) is 6.92 Å². The first-order valence-electron chi connectivity index (χ1n) is 6.00. The lowest BCUT2D eigenvalue weighted by atomic mass is 9.98. The Kier molecular flexibility index (Phi) is 3.55. The molecule has 100 valence electrons. The minimum Gasteiger partial charge on any atom is -0.447 e. The fourth-order valence-corrected chi connectivity index (χ4v) is 2.15. The molecule has 19 heavy (non-hydrogen) atoms. The highest BCUT2D eigenvalue weighted by Gasteiger charge is 2.23. The first-order valence-corrected chi connectivity index (χ1v) is 6.00. The summed E-state index contributed by atoms with van der Waals surface area (Å²) in [5, 5.41) is 2.70. The first kappa shape index (κ1) is 13.1. The number of rotatable bonds is 3. The Bertz CT molecular complexity index is 542. The third-order valence-electron chi connectivity index (χ3n) is 3.02. The molecule has 1 fully saturated rings. The van der Waals surface area contributed by atoms with Crippen LogP contribution in [0.25, 0.3) is 5.57 Å². The average Bonchev–Trinajstić information content (AvgIpc) is 2.76. The molecule has 5 nitrogen and oxygen atoms in total. The molecule has 5 heteroatoms. The number of nitrogens with one attached hydrogen (secondary N) is 1. The summed E-state index contributed by atoms with van der Waals surface area (Å²) >= 11 is 0. The van der Waals surface area contributed by atoms with E-state index in [1.807, 2.05) is 24.3 Å². The molecule has 1 aliphatic rings. The van der Waals surface area contributed by atoms with Crippen LogP contribution in [0.2, 0.25) is 0 Å². The van der Waals surface area contributed by atoms with Crippen molar-refractivity contribution in [2.45, 2.75) is 19.9 Å². The van der Waals surface area contributed by atoms with Crippen LogP contribution in [0.15, 0.2) is 30.0 Å². The lowest BCUT2D eigenvalue weighted by Crippen LogP contribution is -2.18.